The second-order valence-corrected chi connectivity index (χ2v) is 6.31. The first-order valence-corrected chi connectivity index (χ1v) is 8.50. The summed E-state index contributed by atoms with van der Waals surface area (Å²) >= 11 is 2.79. The number of aromatic nitrogens is 1. The average Bonchev–Trinajstić information content (AvgIpc) is 3.23. The van der Waals surface area contributed by atoms with Gasteiger partial charge in [-0.15, -0.1) is 11.3 Å². The molecule has 0 saturated heterocycles. The smallest absolute Gasteiger partial charge is 0.358 e. The van der Waals surface area contributed by atoms with Crippen molar-refractivity contribution in [3.8, 4) is 10.6 Å². The first-order chi connectivity index (χ1) is 11.5. The third kappa shape index (κ3) is 3.55. The highest BCUT2D eigenvalue weighted by atomic mass is 32.1. The number of hydrogen-bond acceptors (Lipinski definition) is 6. The highest BCUT2D eigenvalue weighted by molar-refractivity contribution is 7.14. The quantitative estimate of drug-likeness (QED) is 0.503. The monoisotopic (exact) mass is 365 g/mol. The van der Waals surface area contributed by atoms with Gasteiger partial charge in [-0.25, -0.2) is 18.6 Å². The van der Waals surface area contributed by atoms with Crippen molar-refractivity contribution in [2.24, 2.45) is 0 Å². The van der Waals surface area contributed by atoms with E-state index in [2.05, 4.69) is 4.98 Å². The summed E-state index contributed by atoms with van der Waals surface area (Å²) < 4.78 is 31.2. The van der Waals surface area contributed by atoms with Gasteiger partial charge >= 0.3 is 5.97 Å². The molecule has 3 rings (SSSR count). The Morgan fingerprint density at radius 3 is 2.71 bits per heavy atom. The number of esters is 1. The van der Waals surface area contributed by atoms with Gasteiger partial charge in [0.1, 0.15) is 16.6 Å². The zero-order valence-corrected chi connectivity index (χ0v) is 13.6. The Labute approximate surface area is 143 Å². The van der Waals surface area contributed by atoms with Crippen LogP contribution in [-0.2, 0) is 4.74 Å². The minimum Gasteiger partial charge on any atom is -0.453 e. The molecule has 0 atom stereocenters. The molecule has 0 unspecified atom stereocenters. The second-order valence-electron chi connectivity index (χ2n) is 4.67. The van der Waals surface area contributed by atoms with Crippen LogP contribution in [0, 0.1) is 11.6 Å². The average molecular weight is 365 g/mol. The lowest BCUT2D eigenvalue weighted by atomic mass is 10.1. The number of Topliss-reactive ketones (excluding diaryl/α,β-unsaturated/α-hetero) is 1. The molecule has 2 aromatic heterocycles. The number of thiazole rings is 1. The number of thiophene rings is 1. The van der Waals surface area contributed by atoms with Crippen LogP contribution in [0.5, 0.6) is 0 Å². The number of ether oxygens (including phenoxy) is 1. The molecule has 2 heterocycles. The molecule has 0 aliphatic carbocycles. The minimum absolute atomic E-state index is 0.0774. The molecule has 0 fully saturated rings. The molecule has 4 nitrogen and oxygen atoms in total. The number of ketones is 1. The van der Waals surface area contributed by atoms with Gasteiger partial charge in [0.2, 0.25) is 5.78 Å². The van der Waals surface area contributed by atoms with E-state index in [1.165, 1.54) is 28.1 Å². The zero-order valence-electron chi connectivity index (χ0n) is 12.0. The molecule has 8 heteroatoms. The third-order valence-corrected chi connectivity index (χ3v) is 4.62. The van der Waals surface area contributed by atoms with Crippen molar-refractivity contribution >= 4 is 34.4 Å². The Morgan fingerprint density at radius 1 is 1.17 bits per heavy atom. The maximum atomic E-state index is 13.5. The van der Waals surface area contributed by atoms with Crippen LogP contribution in [0.2, 0.25) is 0 Å². The summed E-state index contributed by atoms with van der Waals surface area (Å²) in [7, 11) is 0. The summed E-state index contributed by atoms with van der Waals surface area (Å²) in [6, 6.07) is 4.45. The van der Waals surface area contributed by atoms with E-state index in [0.717, 1.165) is 17.7 Å². The fourth-order valence-corrected chi connectivity index (χ4v) is 3.39. The topological polar surface area (TPSA) is 56.3 Å². The molecule has 24 heavy (non-hydrogen) atoms. The molecule has 0 bridgehead atoms. The van der Waals surface area contributed by atoms with E-state index in [1.807, 2.05) is 16.8 Å². The van der Waals surface area contributed by atoms with Crippen LogP contribution >= 0.6 is 22.7 Å². The van der Waals surface area contributed by atoms with Crippen LogP contribution < -0.4 is 0 Å². The Hall–Kier alpha value is -2.45. The van der Waals surface area contributed by atoms with Gasteiger partial charge in [0, 0.05) is 22.4 Å². The van der Waals surface area contributed by atoms with E-state index in [0.29, 0.717) is 11.1 Å². The predicted octanol–water partition coefficient (Wildman–Crippen LogP) is 4.19. The van der Waals surface area contributed by atoms with Crippen molar-refractivity contribution in [1.29, 1.82) is 0 Å². The number of carbonyl (C=O) groups is 2. The predicted molar refractivity (Wildman–Crippen MR) is 86.4 cm³/mol. The lowest BCUT2D eigenvalue weighted by Crippen LogP contribution is -2.15. The van der Waals surface area contributed by atoms with E-state index < -0.39 is 30.0 Å². The Kier molecular flexibility index (Phi) is 4.77. The number of nitrogens with zero attached hydrogens (tertiary/aromatic N) is 1. The Morgan fingerprint density at radius 2 is 2.00 bits per heavy atom. The number of carbonyl (C=O) groups excluding carboxylic acids is 2. The molecule has 0 saturated carbocycles. The van der Waals surface area contributed by atoms with Gasteiger partial charge in [0.15, 0.2) is 12.3 Å². The van der Waals surface area contributed by atoms with Crippen molar-refractivity contribution < 1.29 is 23.1 Å². The highest BCUT2D eigenvalue weighted by Gasteiger charge is 2.18. The fraction of sp³-hybridized carbons (Fsp3) is 0.0625. The largest absolute Gasteiger partial charge is 0.453 e. The first-order valence-electron chi connectivity index (χ1n) is 6.68. The minimum atomic E-state index is -0.996. The SMILES string of the molecule is O=C(OCC(=O)c1ccc(F)cc1F)c1csc(-c2ccsc2)n1. The van der Waals surface area contributed by atoms with Gasteiger partial charge in [0.05, 0.1) is 5.56 Å². The maximum absolute atomic E-state index is 13.5. The number of hydrogen-bond donors (Lipinski definition) is 0. The molecule has 3 aromatic rings. The van der Waals surface area contributed by atoms with Crippen molar-refractivity contribution in [2.75, 3.05) is 6.61 Å². The molecule has 0 aliphatic rings. The van der Waals surface area contributed by atoms with Crippen LogP contribution in [0.3, 0.4) is 0 Å². The van der Waals surface area contributed by atoms with E-state index >= 15 is 0 Å². The molecule has 0 aliphatic heterocycles. The van der Waals surface area contributed by atoms with Gasteiger partial charge in [-0.3, -0.25) is 4.79 Å². The fourth-order valence-electron chi connectivity index (χ4n) is 1.88. The zero-order chi connectivity index (χ0) is 17.1. The van der Waals surface area contributed by atoms with Crippen LogP contribution in [0.4, 0.5) is 8.78 Å². The molecule has 1 aromatic carbocycles. The van der Waals surface area contributed by atoms with E-state index in [1.54, 1.807) is 0 Å². The molecular formula is C16H9F2NO3S2. The normalized spacial score (nSPS) is 10.6. The first kappa shape index (κ1) is 16.4. The lowest BCUT2D eigenvalue weighted by molar-refractivity contribution is 0.0468. The van der Waals surface area contributed by atoms with Gasteiger partial charge in [-0.1, -0.05) is 0 Å². The van der Waals surface area contributed by atoms with Gasteiger partial charge in [-0.05, 0) is 23.6 Å². The second kappa shape index (κ2) is 6.98. The van der Waals surface area contributed by atoms with Crippen LogP contribution in [0.15, 0.2) is 40.4 Å². The van der Waals surface area contributed by atoms with Gasteiger partial charge in [0.25, 0.3) is 0 Å². The standard InChI is InChI=1S/C16H9F2NO3S2/c17-10-1-2-11(12(18)5-10)14(20)6-22-16(21)13-8-24-15(19-13)9-3-4-23-7-9/h1-5,7-8H,6H2. The Balaban J connectivity index is 1.64. The van der Waals surface area contributed by atoms with Crippen molar-refractivity contribution in [2.45, 2.75) is 0 Å². The Bertz CT molecular complexity index is 891. The molecule has 122 valence electrons. The van der Waals surface area contributed by atoms with Crippen molar-refractivity contribution in [1.82, 2.24) is 4.98 Å². The molecule has 0 spiro atoms. The van der Waals surface area contributed by atoms with E-state index in [9.17, 15) is 18.4 Å². The number of benzene rings is 1. The van der Waals surface area contributed by atoms with Gasteiger partial charge in [-0.2, -0.15) is 11.3 Å². The summed E-state index contributed by atoms with van der Waals surface area (Å²) in [5, 5.41) is 5.98. The molecule has 0 N–H and O–H groups in total. The molecule has 0 radical (unpaired) electrons. The summed E-state index contributed by atoms with van der Waals surface area (Å²) in [6.07, 6.45) is 0. The van der Waals surface area contributed by atoms with Crippen LogP contribution in [-0.4, -0.2) is 23.3 Å². The van der Waals surface area contributed by atoms with Crippen molar-refractivity contribution in [3.63, 3.8) is 0 Å². The lowest BCUT2D eigenvalue weighted by Gasteiger charge is -2.04. The highest BCUT2D eigenvalue weighted by Crippen LogP contribution is 2.25. The molecule has 0 amide bonds. The van der Waals surface area contributed by atoms with E-state index in [-0.39, 0.29) is 11.3 Å². The van der Waals surface area contributed by atoms with Gasteiger partial charge < -0.3 is 4.74 Å². The summed E-state index contributed by atoms with van der Waals surface area (Å²) in [5.41, 5.74) is 0.642. The van der Waals surface area contributed by atoms with Crippen LogP contribution in [0.25, 0.3) is 10.6 Å². The summed E-state index contributed by atoms with van der Waals surface area (Å²) in [6.45, 7) is -0.646. The summed E-state index contributed by atoms with van der Waals surface area (Å²) in [4.78, 5) is 27.9. The molecular weight excluding hydrogens is 356 g/mol. The number of rotatable bonds is 5. The third-order valence-electron chi connectivity index (χ3n) is 3.05. The maximum Gasteiger partial charge on any atom is 0.358 e. The number of halogens is 2. The summed E-state index contributed by atoms with van der Waals surface area (Å²) in [5.74, 6) is -3.31. The van der Waals surface area contributed by atoms with Crippen molar-refractivity contribution in [3.05, 3.63) is 63.3 Å². The van der Waals surface area contributed by atoms with E-state index in [4.69, 9.17) is 4.74 Å². The van der Waals surface area contributed by atoms with Crippen LogP contribution in [0.1, 0.15) is 20.8 Å².